The number of aliphatic hydroxyl groups is 11. The summed E-state index contributed by atoms with van der Waals surface area (Å²) in [4.78, 5) is 124. The van der Waals surface area contributed by atoms with Crippen LogP contribution in [0.4, 0.5) is 8.78 Å². The van der Waals surface area contributed by atoms with E-state index in [1.165, 1.54) is 0 Å². The Morgan fingerprint density at radius 2 is 0.699 bits per heavy atom. The maximum atomic E-state index is 17.2. The standard InChI is InChI=1S/2C27H39FO10.C27H38O10/c2*1-25-10-18(31)27(28)15(4-3-12-9-13(29)7-8-26(12,27)2)14(25)5-6-16(25)17(30)11-37-24-21(34)19(32)20(33)22(38-24)23(35)36;1-26-8-7-13(28)9-12(26)3-4-14-15-5-6-16(27(15,2)10-17(29)19(14)26)18(30)11-36-25-22(33)20(31)21(32)23(37-25)24(34)35/h2*12,14-16,18-22,24,31-34H,3-11H2,1-2H3,(H,35,36);12,14-16,19-23,25,31-33H,3-11H2,1-2H3,(H,34,35)/t12-,14?,15?,16+,18+,19-,20-,21+,22-,24?,25-,26-,27-;12-,14+,15+,16-,18-,19+,20+,21-,22+,24?,25+,26+,27+;12-,14?,15?,16-,19?,20+,21+,22-,23+,25?,26+,27+/m011/s1. The Labute approximate surface area is 653 Å². The SMILES string of the molecule is C[C@]12CC(=O)C3C(CC[C@@H]4CC(=O)CC[C@]34C)C1CC[C@@H]2C(=O)COC1O[C@H](C(=O)O)[C@@H](O)[C@H](O)[C@H]1O.C[C@]12C[C@@H](O)[C@@]3(F)C(CC[C@H]4CC(=O)CC[C@@]43C)C1CC[C@@H]2C(=O)COC1O[C@H](C(=O)O)[C@@H](O)[C@H](O)[C@H]1O.C[C@]12C[C@@H](O)[C@@]3(F)[C@@H](CC[C@@H]4CC(=O)CC[C@@]43C)[C@@H]1CC[C@@H]2C(=O)COC1O[C@H](C(=O)O)[C@@H](O)[C@H](O)[C@H]1O. The Hall–Kier alpha value is -4.72. The predicted octanol–water partition coefficient (Wildman–Crippen LogP) is 2.38. The number of ether oxygens (including phenoxy) is 6. The number of rotatable bonds is 15. The molecule has 0 amide bonds. The molecule has 12 aliphatic carbocycles. The number of ketones is 7. The molecule has 3 aliphatic heterocycles. The van der Waals surface area contributed by atoms with Crippen LogP contribution in [0.15, 0.2) is 0 Å². The fourth-order valence-electron chi connectivity index (χ4n) is 26.9. The lowest BCUT2D eigenvalue weighted by molar-refractivity contribution is -0.292. The molecule has 113 heavy (non-hydrogen) atoms. The van der Waals surface area contributed by atoms with Gasteiger partial charge in [-0.05, 0) is 184 Å². The molecule has 15 aliphatic rings. The third kappa shape index (κ3) is 14.0. The summed E-state index contributed by atoms with van der Waals surface area (Å²) < 4.78 is 66.0. The minimum absolute atomic E-state index is 0.0748. The van der Waals surface area contributed by atoms with Crippen molar-refractivity contribution in [3.8, 4) is 0 Å². The van der Waals surface area contributed by atoms with Crippen molar-refractivity contribution in [2.24, 2.45) is 109 Å². The normalized spacial score (nSPS) is 51.6. The quantitative estimate of drug-likeness (QED) is 0.112. The number of hydrogen-bond donors (Lipinski definition) is 14. The fraction of sp³-hybridized carbons (Fsp3) is 0.877. The Kier molecular flexibility index (Phi) is 24.0. The van der Waals surface area contributed by atoms with E-state index in [2.05, 4.69) is 6.92 Å². The van der Waals surface area contributed by atoms with Gasteiger partial charge in [0.05, 0.1) is 12.2 Å². The number of carbonyl (C=O) groups excluding carboxylic acids is 7. The van der Waals surface area contributed by atoms with Crippen LogP contribution in [-0.4, -0.2) is 265 Å². The Morgan fingerprint density at radius 3 is 1.06 bits per heavy atom. The van der Waals surface area contributed by atoms with Gasteiger partial charge in [-0.2, -0.15) is 0 Å². The van der Waals surface area contributed by atoms with Crippen LogP contribution in [-0.2, 0) is 76.4 Å². The third-order valence-electron chi connectivity index (χ3n) is 33.0. The summed E-state index contributed by atoms with van der Waals surface area (Å²) in [5.41, 5.74) is -7.31. The molecule has 0 aromatic heterocycles. The zero-order valence-corrected chi connectivity index (χ0v) is 65.0. The van der Waals surface area contributed by atoms with E-state index in [4.69, 9.17) is 28.4 Å². The van der Waals surface area contributed by atoms with Crippen LogP contribution >= 0.6 is 0 Å². The smallest absolute Gasteiger partial charge is 0.335 e. The third-order valence-corrected chi connectivity index (χ3v) is 33.0. The van der Waals surface area contributed by atoms with Gasteiger partial charge >= 0.3 is 17.9 Å². The van der Waals surface area contributed by atoms with Gasteiger partial charge in [0, 0.05) is 79.4 Å². The van der Waals surface area contributed by atoms with Gasteiger partial charge in [-0.1, -0.05) is 41.5 Å². The first-order valence-corrected chi connectivity index (χ1v) is 40.9. The molecule has 3 saturated heterocycles. The van der Waals surface area contributed by atoms with Crippen LogP contribution in [0, 0.1) is 109 Å². The summed E-state index contributed by atoms with van der Waals surface area (Å²) in [6.45, 7) is 10.3. The molecule has 38 atom stereocenters. The molecule has 32 heteroatoms. The van der Waals surface area contributed by atoms with E-state index in [-0.39, 0.29) is 100 Å². The molecule has 8 unspecified atom stereocenters. The number of fused-ring (bicyclic) bond motifs is 15. The molecule has 3 heterocycles. The zero-order chi connectivity index (χ0) is 82.4. The van der Waals surface area contributed by atoms with Crippen LogP contribution in [0.3, 0.4) is 0 Å². The highest BCUT2D eigenvalue weighted by Crippen LogP contribution is 2.73. The second-order valence-electron chi connectivity index (χ2n) is 38.1. The van der Waals surface area contributed by atoms with Crippen molar-refractivity contribution in [2.45, 2.75) is 311 Å². The van der Waals surface area contributed by atoms with Crippen molar-refractivity contribution in [2.75, 3.05) is 19.8 Å². The van der Waals surface area contributed by atoms with Gasteiger partial charge in [-0.25, -0.2) is 23.2 Å². The average Bonchev–Trinajstić information content (AvgIpc) is 1.68. The van der Waals surface area contributed by atoms with Crippen molar-refractivity contribution >= 4 is 58.4 Å². The molecule has 15 rings (SSSR count). The molecular weight excluding hydrogens is 1490 g/mol. The van der Waals surface area contributed by atoms with Gasteiger partial charge in [0.1, 0.15) is 109 Å². The minimum Gasteiger partial charge on any atom is -0.479 e. The van der Waals surface area contributed by atoms with E-state index in [1.54, 1.807) is 0 Å². The molecule has 0 aromatic carbocycles. The van der Waals surface area contributed by atoms with E-state index in [9.17, 15) is 119 Å². The van der Waals surface area contributed by atoms with Crippen LogP contribution in [0.5, 0.6) is 0 Å². The Bertz CT molecular complexity index is 3540. The van der Waals surface area contributed by atoms with E-state index >= 15 is 8.78 Å². The van der Waals surface area contributed by atoms with Crippen molar-refractivity contribution in [1.82, 2.24) is 0 Å². The monoisotopic (exact) mass is 1610 g/mol. The second-order valence-corrected chi connectivity index (χ2v) is 38.1. The summed E-state index contributed by atoms with van der Waals surface area (Å²) in [6.07, 6.45) is -16.6. The van der Waals surface area contributed by atoms with Crippen LogP contribution < -0.4 is 0 Å². The topological polar surface area (TPSA) is 509 Å². The van der Waals surface area contributed by atoms with Crippen molar-refractivity contribution in [1.29, 1.82) is 0 Å². The lowest BCUT2D eigenvalue weighted by Crippen LogP contribution is -2.69. The van der Waals surface area contributed by atoms with Crippen LogP contribution in [0.25, 0.3) is 0 Å². The number of hydrogen-bond acceptors (Lipinski definition) is 27. The molecule has 12 saturated carbocycles. The summed E-state index contributed by atoms with van der Waals surface area (Å²) in [7, 11) is 0. The van der Waals surface area contributed by atoms with Gasteiger partial charge in [0.2, 0.25) is 0 Å². The maximum Gasteiger partial charge on any atom is 0.335 e. The van der Waals surface area contributed by atoms with E-state index in [0.29, 0.717) is 109 Å². The fourth-order valence-corrected chi connectivity index (χ4v) is 26.9. The molecule has 14 N–H and O–H groups in total. The predicted molar refractivity (Wildman–Crippen MR) is 380 cm³/mol. The van der Waals surface area contributed by atoms with Gasteiger partial charge < -0.3 is 99.9 Å². The largest absolute Gasteiger partial charge is 0.479 e. The van der Waals surface area contributed by atoms with Crippen molar-refractivity contribution in [3.63, 3.8) is 0 Å². The van der Waals surface area contributed by atoms with Crippen LogP contribution in [0.2, 0.25) is 0 Å². The van der Waals surface area contributed by atoms with Gasteiger partial charge in [0.15, 0.2) is 54.5 Å². The van der Waals surface area contributed by atoms with Crippen LogP contribution in [0.1, 0.15) is 196 Å². The van der Waals surface area contributed by atoms with Crippen molar-refractivity contribution in [3.05, 3.63) is 0 Å². The first-order chi connectivity index (χ1) is 52.9. The van der Waals surface area contributed by atoms with Crippen molar-refractivity contribution < 1.29 is 157 Å². The van der Waals surface area contributed by atoms with E-state index < -0.39 is 210 Å². The van der Waals surface area contributed by atoms with Gasteiger partial charge in [-0.15, -0.1) is 0 Å². The molecule has 0 radical (unpaired) electrons. The number of carboxylic acids is 3. The molecular formula is C81H116F2O30. The highest BCUT2D eigenvalue weighted by molar-refractivity contribution is 5.89. The summed E-state index contributed by atoms with van der Waals surface area (Å²) in [5.74, 6) is -7.00. The highest BCUT2D eigenvalue weighted by atomic mass is 19.1. The minimum atomic E-state index is -1.86. The maximum absolute atomic E-state index is 17.2. The summed E-state index contributed by atoms with van der Waals surface area (Å²) in [6, 6.07) is 0. The molecule has 15 fully saturated rings. The van der Waals surface area contributed by atoms with Gasteiger partial charge in [-0.3, -0.25) is 33.6 Å². The van der Waals surface area contributed by atoms with E-state index in [0.717, 1.165) is 38.5 Å². The lowest BCUT2D eigenvalue weighted by atomic mass is 9.42. The molecule has 30 nitrogen and oxygen atoms in total. The number of Topliss-reactive ketones (excluding diaryl/α,β-unsaturated/α-hetero) is 7. The highest BCUT2D eigenvalue weighted by Gasteiger charge is 2.75. The average molecular weight is 1610 g/mol. The Balaban J connectivity index is 0.000000148. The van der Waals surface area contributed by atoms with Gasteiger partial charge in [0.25, 0.3) is 0 Å². The lowest BCUT2D eigenvalue weighted by Gasteiger charge is -2.64. The Morgan fingerprint density at radius 1 is 0.381 bits per heavy atom. The number of aliphatic carboxylic acids is 3. The number of carbonyl (C=O) groups is 10. The first-order valence-electron chi connectivity index (χ1n) is 40.9. The summed E-state index contributed by atoms with van der Waals surface area (Å²) >= 11 is 0. The summed E-state index contributed by atoms with van der Waals surface area (Å²) in [5, 5.41) is 141. The van der Waals surface area contributed by atoms with E-state index in [1.807, 2.05) is 34.6 Å². The number of halogens is 2. The number of aliphatic hydroxyl groups excluding tert-OH is 11. The first kappa shape index (κ1) is 86.1. The molecule has 0 spiro atoms. The molecule has 0 aromatic rings. The molecule has 634 valence electrons. The number of alkyl halides is 2. The molecule has 0 bridgehead atoms. The zero-order valence-electron chi connectivity index (χ0n) is 65.0. The number of carboxylic acid groups (broad SMARTS) is 3. The second kappa shape index (κ2) is 31.5.